The van der Waals surface area contributed by atoms with E-state index in [2.05, 4.69) is 15.1 Å². The Morgan fingerprint density at radius 3 is 2.47 bits per heavy atom. The Balaban J connectivity index is 1.64. The molecule has 0 aromatic heterocycles. The monoisotopic (exact) mass is 213 g/mol. The highest BCUT2D eigenvalue weighted by molar-refractivity contribution is 4.78. The average Bonchev–Trinajstić information content (AvgIpc) is 2.74. The number of nitrogens with one attached hydrogen (secondary N) is 1. The maximum atomic E-state index is 8.85. The molecular formula is C11H23N3O. The fourth-order valence-electron chi connectivity index (χ4n) is 2.57. The van der Waals surface area contributed by atoms with Gasteiger partial charge in [0.1, 0.15) is 0 Å². The first-order valence-corrected chi connectivity index (χ1v) is 6.15. The minimum atomic E-state index is 0.298. The van der Waals surface area contributed by atoms with Crippen LogP contribution in [0.15, 0.2) is 0 Å². The lowest BCUT2D eigenvalue weighted by Gasteiger charge is -2.35. The van der Waals surface area contributed by atoms with Crippen LogP contribution in [0.3, 0.4) is 0 Å². The van der Waals surface area contributed by atoms with E-state index >= 15 is 0 Å². The van der Waals surface area contributed by atoms with Gasteiger partial charge >= 0.3 is 0 Å². The zero-order valence-electron chi connectivity index (χ0n) is 9.49. The molecule has 2 saturated heterocycles. The molecule has 88 valence electrons. The molecular weight excluding hydrogens is 190 g/mol. The molecule has 0 spiro atoms. The summed E-state index contributed by atoms with van der Waals surface area (Å²) in [5.41, 5.74) is 0. The van der Waals surface area contributed by atoms with Gasteiger partial charge in [0.15, 0.2) is 0 Å². The average molecular weight is 213 g/mol. The first kappa shape index (κ1) is 11.3. The lowest BCUT2D eigenvalue weighted by atomic mass is 10.1. The minimum absolute atomic E-state index is 0.298. The normalized spacial score (nSPS) is 29.8. The number of rotatable bonds is 4. The van der Waals surface area contributed by atoms with E-state index in [1.165, 1.54) is 39.1 Å². The quantitative estimate of drug-likeness (QED) is 0.642. The number of β-amino-alcohol motifs (C(OH)–C–C–N with tert-alkyl or cyclic N) is 1. The summed E-state index contributed by atoms with van der Waals surface area (Å²) in [4.78, 5) is 4.93. The second-order valence-electron chi connectivity index (χ2n) is 4.72. The first-order valence-electron chi connectivity index (χ1n) is 6.15. The number of aliphatic hydroxyl groups excluding tert-OH is 1. The standard InChI is InChI=1S/C11H23N3O/c15-8-7-13-3-5-14(6-4-13)10-11-1-2-12-9-11/h11-12,15H,1-10H2/t11-/m1/s1. The Kier molecular flexibility index (Phi) is 4.38. The number of hydrogen-bond acceptors (Lipinski definition) is 4. The van der Waals surface area contributed by atoms with Crippen molar-refractivity contribution in [2.24, 2.45) is 5.92 Å². The molecule has 0 amide bonds. The minimum Gasteiger partial charge on any atom is -0.395 e. The van der Waals surface area contributed by atoms with Crippen LogP contribution in [0.2, 0.25) is 0 Å². The van der Waals surface area contributed by atoms with Crippen LogP contribution >= 0.6 is 0 Å². The molecule has 15 heavy (non-hydrogen) atoms. The van der Waals surface area contributed by atoms with Crippen LogP contribution in [-0.2, 0) is 0 Å². The summed E-state index contributed by atoms with van der Waals surface area (Å²) in [6, 6.07) is 0. The van der Waals surface area contributed by atoms with E-state index in [4.69, 9.17) is 5.11 Å². The summed E-state index contributed by atoms with van der Waals surface area (Å²) in [7, 11) is 0. The maximum Gasteiger partial charge on any atom is 0.0558 e. The Morgan fingerprint density at radius 2 is 1.87 bits per heavy atom. The summed E-state index contributed by atoms with van der Waals surface area (Å²) in [6.07, 6.45) is 1.34. The molecule has 2 rings (SSSR count). The van der Waals surface area contributed by atoms with Gasteiger partial charge in [0.2, 0.25) is 0 Å². The highest BCUT2D eigenvalue weighted by Crippen LogP contribution is 2.11. The van der Waals surface area contributed by atoms with Crippen LogP contribution in [0.4, 0.5) is 0 Å². The summed E-state index contributed by atoms with van der Waals surface area (Å²) in [5, 5.41) is 12.3. The molecule has 0 aromatic carbocycles. The molecule has 2 N–H and O–H groups in total. The van der Waals surface area contributed by atoms with Gasteiger partial charge in [-0.05, 0) is 25.4 Å². The molecule has 0 unspecified atom stereocenters. The van der Waals surface area contributed by atoms with Gasteiger partial charge in [-0.2, -0.15) is 0 Å². The van der Waals surface area contributed by atoms with E-state index in [1.54, 1.807) is 0 Å². The zero-order valence-corrected chi connectivity index (χ0v) is 9.49. The molecule has 2 heterocycles. The fraction of sp³-hybridized carbons (Fsp3) is 1.00. The molecule has 0 radical (unpaired) electrons. The lowest BCUT2D eigenvalue weighted by Crippen LogP contribution is -2.48. The summed E-state index contributed by atoms with van der Waals surface area (Å²) >= 11 is 0. The van der Waals surface area contributed by atoms with Crippen molar-refractivity contribution < 1.29 is 5.11 Å². The fourth-order valence-corrected chi connectivity index (χ4v) is 2.57. The molecule has 1 atom stereocenters. The third kappa shape index (κ3) is 3.41. The van der Waals surface area contributed by atoms with Gasteiger partial charge in [-0.1, -0.05) is 0 Å². The Morgan fingerprint density at radius 1 is 1.13 bits per heavy atom. The molecule has 2 aliphatic rings. The van der Waals surface area contributed by atoms with E-state index in [1.807, 2.05) is 0 Å². The van der Waals surface area contributed by atoms with Crippen molar-refractivity contribution in [2.75, 3.05) is 59.0 Å². The predicted octanol–water partition coefficient (Wildman–Crippen LogP) is -0.794. The Hall–Kier alpha value is -0.160. The van der Waals surface area contributed by atoms with Gasteiger partial charge in [-0.25, -0.2) is 0 Å². The largest absolute Gasteiger partial charge is 0.395 e. The van der Waals surface area contributed by atoms with Crippen LogP contribution in [0.5, 0.6) is 0 Å². The van der Waals surface area contributed by atoms with Crippen molar-refractivity contribution >= 4 is 0 Å². The molecule has 0 aromatic rings. The molecule has 2 aliphatic heterocycles. The van der Waals surface area contributed by atoms with E-state index in [0.717, 1.165) is 25.6 Å². The molecule has 2 fully saturated rings. The van der Waals surface area contributed by atoms with Crippen LogP contribution in [0, 0.1) is 5.92 Å². The van der Waals surface area contributed by atoms with Gasteiger partial charge in [0.25, 0.3) is 0 Å². The van der Waals surface area contributed by atoms with E-state index in [9.17, 15) is 0 Å². The van der Waals surface area contributed by atoms with Gasteiger partial charge in [0.05, 0.1) is 6.61 Å². The first-order chi connectivity index (χ1) is 7.38. The topological polar surface area (TPSA) is 38.7 Å². The molecule has 0 saturated carbocycles. The molecule has 4 heteroatoms. The molecule has 4 nitrogen and oxygen atoms in total. The van der Waals surface area contributed by atoms with Crippen molar-refractivity contribution in [1.29, 1.82) is 0 Å². The second-order valence-corrected chi connectivity index (χ2v) is 4.72. The third-order valence-electron chi connectivity index (χ3n) is 3.56. The summed E-state index contributed by atoms with van der Waals surface area (Å²) < 4.78 is 0. The van der Waals surface area contributed by atoms with Crippen LogP contribution in [0.25, 0.3) is 0 Å². The van der Waals surface area contributed by atoms with Crippen molar-refractivity contribution in [3.63, 3.8) is 0 Å². The number of aliphatic hydroxyl groups is 1. The SMILES string of the molecule is OCCN1CCN(C[C@@H]2CCNC2)CC1. The maximum absolute atomic E-state index is 8.85. The van der Waals surface area contributed by atoms with E-state index in [0.29, 0.717) is 6.61 Å². The van der Waals surface area contributed by atoms with Crippen molar-refractivity contribution in [3.05, 3.63) is 0 Å². The van der Waals surface area contributed by atoms with Gasteiger partial charge in [-0.3, -0.25) is 4.90 Å². The number of nitrogens with zero attached hydrogens (tertiary/aromatic N) is 2. The predicted molar refractivity (Wildman–Crippen MR) is 60.9 cm³/mol. The lowest BCUT2D eigenvalue weighted by molar-refractivity contribution is 0.103. The van der Waals surface area contributed by atoms with Crippen LogP contribution in [0.1, 0.15) is 6.42 Å². The number of hydrogen-bond donors (Lipinski definition) is 2. The smallest absolute Gasteiger partial charge is 0.0558 e. The van der Waals surface area contributed by atoms with Crippen LogP contribution < -0.4 is 5.32 Å². The highest BCUT2D eigenvalue weighted by atomic mass is 16.3. The summed E-state index contributed by atoms with van der Waals surface area (Å²) in [6.45, 7) is 9.42. The second kappa shape index (κ2) is 5.80. The van der Waals surface area contributed by atoms with Gasteiger partial charge in [0, 0.05) is 39.3 Å². The summed E-state index contributed by atoms with van der Waals surface area (Å²) in [5.74, 6) is 0.870. The Labute approximate surface area is 92.2 Å². The number of piperazine rings is 1. The van der Waals surface area contributed by atoms with Crippen molar-refractivity contribution in [3.8, 4) is 0 Å². The highest BCUT2D eigenvalue weighted by Gasteiger charge is 2.21. The van der Waals surface area contributed by atoms with Crippen molar-refractivity contribution in [1.82, 2.24) is 15.1 Å². The van der Waals surface area contributed by atoms with Gasteiger partial charge < -0.3 is 15.3 Å². The third-order valence-corrected chi connectivity index (χ3v) is 3.56. The van der Waals surface area contributed by atoms with E-state index < -0.39 is 0 Å². The van der Waals surface area contributed by atoms with E-state index in [-0.39, 0.29) is 0 Å². The molecule has 0 aliphatic carbocycles. The Bertz CT molecular complexity index is 175. The van der Waals surface area contributed by atoms with Gasteiger partial charge in [-0.15, -0.1) is 0 Å². The van der Waals surface area contributed by atoms with Crippen LogP contribution in [-0.4, -0.2) is 73.9 Å². The zero-order chi connectivity index (χ0) is 10.5. The molecule has 0 bridgehead atoms. The van der Waals surface area contributed by atoms with Crippen molar-refractivity contribution in [2.45, 2.75) is 6.42 Å².